The summed E-state index contributed by atoms with van der Waals surface area (Å²) in [6.45, 7) is 0. The predicted molar refractivity (Wildman–Crippen MR) is 124 cm³/mol. The summed E-state index contributed by atoms with van der Waals surface area (Å²) >= 11 is 28.7. The smallest absolute Gasteiger partial charge is 0.252 e. The number of rotatable bonds is 4. The second kappa shape index (κ2) is 9.75. The van der Waals surface area contributed by atoms with E-state index < -0.39 is 15.9 Å². The molecule has 0 aliphatic carbocycles. The molecule has 26 heavy (non-hydrogen) atoms. The first kappa shape index (κ1) is 22.0. The maximum Gasteiger partial charge on any atom is 0.252 e. The molecule has 0 saturated heterocycles. The van der Waals surface area contributed by atoms with Crippen LogP contribution in [-0.2, 0) is 0 Å². The number of thiocarbonyl (C=S) groups is 1. The molecule has 0 aliphatic rings. The molecule has 2 aromatic carbocycles. The third kappa shape index (κ3) is 7.01. The Bertz CT molecular complexity index is 802. The van der Waals surface area contributed by atoms with Crippen LogP contribution in [-0.4, -0.2) is 21.0 Å². The lowest BCUT2D eigenvalue weighted by atomic mass is 10.2. The Morgan fingerprint density at radius 3 is 2.35 bits per heavy atom. The van der Waals surface area contributed by atoms with Crippen molar-refractivity contribution in [1.82, 2.24) is 10.6 Å². The van der Waals surface area contributed by atoms with E-state index in [1.54, 1.807) is 12.1 Å². The van der Waals surface area contributed by atoms with E-state index in [1.807, 2.05) is 36.4 Å². The van der Waals surface area contributed by atoms with E-state index in [9.17, 15) is 4.79 Å². The second-order valence-corrected chi connectivity index (χ2v) is 10.0. The number of carbonyl (C=O) groups is 1. The van der Waals surface area contributed by atoms with Crippen LogP contribution in [0.5, 0.6) is 0 Å². The van der Waals surface area contributed by atoms with Crippen LogP contribution in [0.1, 0.15) is 10.4 Å². The van der Waals surface area contributed by atoms with Crippen molar-refractivity contribution in [3.63, 3.8) is 0 Å². The zero-order chi connectivity index (χ0) is 19.3. The molecule has 2 aromatic rings. The van der Waals surface area contributed by atoms with Crippen molar-refractivity contribution in [3.05, 3.63) is 62.1 Å². The third-order valence-electron chi connectivity index (χ3n) is 3.07. The highest BCUT2D eigenvalue weighted by atomic mass is 127. The van der Waals surface area contributed by atoms with Crippen molar-refractivity contribution in [2.75, 3.05) is 5.32 Å². The van der Waals surface area contributed by atoms with Crippen molar-refractivity contribution in [3.8, 4) is 0 Å². The summed E-state index contributed by atoms with van der Waals surface area (Å²) in [6.07, 6.45) is -1.04. The highest BCUT2D eigenvalue weighted by Gasteiger charge is 2.34. The average Bonchev–Trinajstić information content (AvgIpc) is 2.53. The van der Waals surface area contributed by atoms with E-state index in [1.165, 1.54) is 0 Å². The topological polar surface area (TPSA) is 53.2 Å². The van der Waals surface area contributed by atoms with Gasteiger partial charge in [-0.1, -0.05) is 56.8 Å². The van der Waals surface area contributed by atoms with E-state index >= 15 is 0 Å². The number of benzene rings is 2. The van der Waals surface area contributed by atoms with Crippen LogP contribution in [0, 0.1) is 3.57 Å². The fraction of sp³-hybridized carbons (Fsp3) is 0.125. The fourth-order valence-corrected chi connectivity index (χ4v) is 3.20. The van der Waals surface area contributed by atoms with Crippen LogP contribution >= 0.6 is 85.5 Å². The zero-order valence-corrected chi connectivity index (χ0v) is 19.7. The van der Waals surface area contributed by atoms with Crippen LogP contribution < -0.4 is 16.0 Å². The first-order valence-corrected chi connectivity index (χ1v) is 10.5. The standard InChI is InChI=1S/C16H12BrCl3IN3OS/c17-10-2-1-3-12(8-10)22-15(26)24-14(16(18,19)20)23-13(25)9-4-6-11(21)7-5-9/h1-8,14H,(H,23,25)(H2,22,24,26)/t14-/m0/s1. The van der Waals surface area contributed by atoms with Crippen LogP contribution in [0.15, 0.2) is 53.0 Å². The third-order valence-corrected chi connectivity index (χ3v) is 5.15. The zero-order valence-electron chi connectivity index (χ0n) is 12.9. The molecule has 0 saturated carbocycles. The van der Waals surface area contributed by atoms with Gasteiger partial charge in [-0.2, -0.15) is 0 Å². The lowest BCUT2D eigenvalue weighted by Crippen LogP contribution is -2.56. The number of amides is 1. The van der Waals surface area contributed by atoms with Crippen molar-refractivity contribution < 1.29 is 4.79 Å². The molecule has 10 heteroatoms. The molecule has 1 amide bonds. The minimum absolute atomic E-state index is 0.197. The van der Waals surface area contributed by atoms with Crippen molar-refractivity contribution in [2.45, 2.75) is 9.96 Å². The number of alkyl halides is 3. The van der Waals surface area contributed by atoms with Crippen molar-refractivity contribution in [1.29, 1.82) is 0 Å². The minimum Gasteiger partial charge on any atom is -0.339 e. The predicted octanol–water partition coefficient (Wildman–Crippen LogP) is 5.47. The first-order chi connectivity index (χ1) is 12.1. The highest BCUT2D eigenvalue weighted by Crippen LogP contribution is 2.29. The number of carbonyl (C=O) groups excluding carboxylic acids is 1. The van der Waals surface area contributed by atoms with E-state index in [4.69, 9.17) is 47.0 Å². The van der Waals surface area contributed by atoms with E-state index in [2.05, 4.69) is 54.5 Å². The summed E-state index contributed by atoms with van der Waals surface area (Å²) < 4.78 is 0.0758. The highest BCUT2D eigenvalue weighted by molar-refractivity contribution is 14.1. The van der Waals surface area contributed by atoms with Crippen LogP contribution in [0.4, 0.5) is 5.69 Å². The summed E-state index contributed by atoms with van der Waals surface area (Å²) in [5, 5.41) is 8.61. The maximum absolute atomic E-state index is 12.4. The van der Waals surface area contributed by atoms with Crippen molar-refractivity contribution >= 4 is 102 Å². The average molecular weight is 608 g/mol. The summed E-state index contributed by atoms with van der Waals surface area (Å²) in [5.41, 5.74) is 1.18. The largest absolute Gasteiger partial charge is 0.339 e. The van der Waals surface area contributed by atoms with Gasteiger partial charge < -0.3 is 16.0 Å². The Balaban J connectivity index is 2.06. The maximum atomic E-state index is 12.4. The molecule has 4 nitrogen and oxygen atoms in total. The van der Waals surface area contributed by atoms with E-state index in [0.717, 1.165) is 13.7 Å². The number of nitrogens with one attached hydrogen (secondary N) is 3. The van der Waals surface area contributed by atoms with Crippen molar-refractivity contribution in [2.24, 2.45) is 0 Å². The van der Waals surface area contributed by atoms with Crippen LogP contribution in [0.2, 0.25) is 0 Å². The summed E-state index contributed by atoms with van der Waals surface area (Å²) in [5.74, 6) is -0.393. The Morgan fingerprint density at radius 2 is 1.77 bits per heavy atom. The molecule has 0 spiro atoms. The monoisotopic (exact) mass is 605 g/mol. The summed E-state index contributed by atoms with van der Waals surface area (Å²) in [7, 11) is 0. The summed E-state index contributed by atoms with van der Waals surface area (Å²) in [4.78, 5) is 12.4. The molecule has 0 heterocycles. The summed E-state index contributed by atoms with van der Waals surface area (Å²) in [6, 6.07) is 14.4. The number of anilines is 1. The van der Waals surface area contributed by atoms with Gasteiger partial charge in [0.2, 0.25) is 3.79 Å². The molecule has 2 rings (SSSR count). The number of hydrogen-bond donors (Lipinski definition) is 3. The van der Waals surface area contributed by atoms with Gasteiger partial charge in [0.05, 0.1) is 0 Å². The lowest BCUT2D eigenvalue weighted by molar-refractivity contribution is 0.0934. The van der Waals surface area contributed by atoms with Crippen LogP contribution in [0.3, 0.4) is 0 Å². The van der Waals surface area contributed by atoms with E-state index in [0.29, 0.717) is 5.56 Å². The quantitative estimate of drug-likeness (QED) is 0.187. The number of hydrogen-bond acceptors (Lipinski definition) is 2. The molecule has 0 aliphatic heterocycles. The Hall–Kier alpha value is -0.320. The Labute approximate surface area is 193 Å². The molecule has 0 unspecified atom stereocenters. The molecule has 0 fully saturated rings. The van der Waals surface area contributed by atoms with Gasteiger partial charge >= 0.3 is 0 Å². The lowest BCUT2D eigenvalue weighted by Gasteiger charge is -2.27. The minimum atomic E-state index is -1.82. The number of halogens is 5. The van der Waals surface area contributed by atoms with Crippen LogP contribution in [0.25, 0.3) is 0 Å². The van der Waals surface area contributed by atoms with Gasteiger partial charge in [-0.15, -0.1) is 0 Å². The molecule has 138 valence electrons. The van der Waals surface area contributed by atoms with Gasteiger partial charge in [0.25, 0.3) is 5.91 Å². The first-order valence-electron chi connectivity index (χ1n) is 7.11. The molecule has 0 bridgehead atoms. The molecule has 3 N–H and O–H groups in total. The molecule has 0 radical (unpaired) electrons. The van der Waals surface area contributed by atoms with Gasteiger partial charge in [-0.3, -0.25) is 4.79 Å². The Morgan fingerprint density at radius 1 is 1.12 bits per heavy atom. The normalized spacial score (nSPS) is 12.2. The van der Waals surface area contributed by atoms with Gasteiger partial charge in [0.1, 0.15) is 6.17 Å². The SMILES string of the molecule is O=C(N[C@@H](NC(=S)Nc1cccc(Br)c1)C(Cl)(Cl)Cl)c1ccc(I)cc1. The van der Waals surface area contributed by atoms with Gasteiger partial charge in [-0.25, -0.2) is 0 Å². The molecule has 0 aromatic heterocycles. The van der Waals surface area contributed by atoms with Gasteiger partial charge in [0, 0.05) is 19.3 Å². The Kier molecular flexibility index (Phi) is 8.24. The van der Waals surface area contributed by atoms with E-state index in [-0.39, 0.29) is 5.11 Å². The van der Waals surface area contributed by atoms with Gasteiger partial charge in [-0.05, 0) is 77.3 Å². The second-order valence-electron chi connectivity index (χ2n) is 5.06. The fourth-order valence-electron chi connectivity index (χ4n) is 1.88. The molecular weight excluding hydrogens is 595 g/mol. The van der Waals surface area contributed by atoms with Gasteiger partial charge in [0.15, 0.2) is 5.11 Å². The molecular formula is C16H12BrCl3IN3OS. The molecule has 1 atom stereocenters.